The molecule has 1 fully saturated rings. The quantitative estimate of drug-likeness (QED) is 0.460. The highest BCUT2D eigenvalue weighted by Gasteiger charge is 2.27. The summed E-state index contributed by atoms with van der Waals surface area (Å²) in [6, 6.07) is 0. The highest BCUT2D eigenvalue weighted by atomic mass is 16.6. The Labute approximate surface area is 120 Å². The summed E-state index contributed by atoms with van der Waals surface area (Å²) in [5, 5.41) is 10.0. The molecule has 0 saturated carbocycles. The van der Waals surface area contributed by atoms with E-state index in [9.17, 15) is 9.90 Å². The third-order valence-corrected chi connectivity index (χ3v) is 2.63. The number of rotatable bonds is 5. The van der Waals surface area contributed by atoms with E-state index in [1.807, 2.05) is 20.8 Å². The normalized spacial score (nSPS) is 22.9. The Morgan fingerprint density at radius 3 is 2.85 bits per heavy atom. The Morgan fingerprint density at radius 1 is 1.55 bits per heavy atom. The number of hydrogen-bond acceptors (Lipinski definition) is 6. The molecule has 0 aliphatic carbocycles. The topological polar surface area (TPSA) is 68.2 Å². The standard InChI is InChI=1S/C14H25NO5/c1-5-18-12(16)7-6-11-10-15(8-9-19-11)13(17)20-14(2,3)4/h6-7,11,13,17H,5,8-10H2,1-4H3/b7-6+/t11-,13?/m0/s1. The Hall–Kier alpha value is -0.950. The molecule has 0 radical (unpaired) electrons. The lowest BCUT2D eigenvalue weighted by atomic mass is 10.2. The molecule has 1 aliphatic rings. The molecule has 1 unspecified atom stereocenters. The van der Waals surface area contributed by atoms with Crippen molar-refractivity contribution in [1.82, 2.24) is 4.90 Å². The van der Waals surface area contributed by atoms with E-state index in [1.165, 1.54) is 6.08 Å². The van der Waals surface area contributed by atoms with Crippen LogP contribution in [0.1, 0.15) is 27.7 Å². The van der Waals surface area contributed by atoms with Crippen molar-refractivity contribution < 1.29 is 24.1 Å². The van der Waals surface area contributed by atoms with Crippen LogP contribution in [0.2, 0.25) is 0 Å². The second-order valence-electron chi connectivity index (χ2n) is 5.57. The molecule has 1 rings (SSSR count). The molecule has 20 heavy (non-hydrogen) atoms. The molecule has 6 heteroatoms. The predicted molar refractivity (Wildman–Crippen MR) is 73.9 cm³/mol. The van der Waals surface area contributed by atoms with Crippen molar-refractivity contribution in [2.75, 3.05) is 26.3 Å². The first kappa shape index (κ1) is 17.1. The van der Waals surface area contributed by atoms with Crippen LogP contribution in [0.5, 0.6) is 0 Å². The van der Waals surface area contributed by atoms with Crippen molar-refractivity contribution in [1.29, 1.82) is 0 Å². The van der Waals surface area contributed by atoms with Crippen molar-refractivity contribution in [3.63, 3.8) is 0 Å². The largest absolute Gasteiger partial charge is 0.463 e. The molecule has 1 aliphatic heterocycles. The van der Waals surface area contributed by atoms with Gasteiger partial charge in [-0.1, -0.05) is 0 Å². The Balaban J connectivity index is 2.48. The SMILES string of the molecule is CCOC(=O)/C=C/[C@H]1CN(C(O)OC(C)(C)C)CCO1. The lowest BCUT2D eigenvalue weighted by molar-refractivity contribution is -0.253. The number of carbonyl (C=O) groups excluding carboxylic acids is 1. The summed E-state index contributed by atoms with van der Waals surface area (Å²) in [6.07, 6.45) is 1.77. The maximum Gasteiger partial charge on any atom is 0.330 e. The zero-order valence-electron chi connectivity index (χ0n) is 12.7. The lowest BCUT2D eigenvalue weighted by Crippen LogP contribution is -2.50. The summed E-state index contributed by atoms with van der Waals surface area (Å²) < 4.78 is 15.8. The number of hydrogen-bond donors (Lipinski definition) is 1. The van der Waals surface area contributed by atoms with Crippen molar-refractivity contribution in [2.45, 2.75) is 45.8 Å². The van der Waals surface area contributed by atoms with Crippen LogP contribution in [0.15, 0.2) is 12.2 Å². The molecule has 6 nitrogen and oxygen atoms in total. The molecule has 0 aromatic carbocycles. The Bertz CT molecular complexity index is 337. The van der Waals surface area contributed by atoms with Gasteiger partial charge in [-0.2, -0.15) is 0 Å². The van der Waals surface area contributed by atoms with Crippen LogP contribution in [0.4, 0.5) is 0 Å². The molecule has 1 heterocycles. The summed E-state index contributed by atoms with van der Waals surface area (Å²) in [4.78, 5) is 13.0. The van der Waals surface area contributed by atoms with Crippen LogP contribution in [-0.2, 0) is 19.0 Å². The van der Waals surface area contributed by atoms with Gasteiger partial charge in [-0.25, -0.2) is 4.79 Å². The van der Waals surface area contributed by atoms with Crippen molar-refractivity contribution >= 4 is 5.97 Å². The minimum atomic E-state index is -0.975. The number of aliphatic hydroxyl groups excluding tert-OH is 1. The number of aliphatic hydroxyl groups is 1. The summed E-state index contributed by atoms with van der Waals surface area (Å²) in [6.45, 7) is 9.28. The third-order valence-electron chi connectivity index (χ3n) is 2.63. The maximum absolute atomic E-state index is 11.2. The molecule has 0 aromatic rings. The Morgan fingerprint density at radius 2 is 2.25 bits per heavy atom. The summed E-state index contributed by atoms with van der Waals surface area (Å²) in [7, 11) is 0. The van der Waals surface area contributed by atoms with E-state index >= 15 is 0 Å². The molecule has 0 spiro atoms. The van der Waals surface area contributed by atoms with E-state index in [2.05, 4.69) is 0 Å². The van der Waals surface area contributed by atoms with Gasteiger partial charge in [0.1, 0.15) is 0 Å². The van der Waals surface area contributed by atoms with Gasteiger partial charge in [0, 0.05) is 19.2 Å². The van der Waals surface area contributed by atoms with Gasteiger partial charge in [0.25, 0.3) is 0 Å². The smallest absolute Gasteiger partial charge is 0.330 e. The molecule has 116 valence electrons. The summed E-state index contributed by atoms with van der Waals surface area (Å²) in [5.41, 5.74) is -0.423. The van der Waals surface area contributed by atoms with Gasteiger partial charge in [0.15, 0.2) is 0 Å². The fourth-order valence-electron chi connectivity index (χ4n) is 1.78. The van der Waals surface area contributed by atoms with Gasteiger partial charge < -0.3 is 19.3 Å². The first-order valence-electron chi connectivity index (χ1n) is 6.88. The molecular formula is C14H25NO5. The van der Waals surface area contributed by atoms with Crippen LogP contribution >= 0.6 is 0 Å². The van der Waals surface area contributed by atoms with E-state index in [1.54, 1.807) is 17.9 Å². The predicted octanol–water partition coefficient (Wildman–Crippen LogP) is 0.897. The second-order valence-corrected chi connectivity index (χ2v) is 5.57. The van der Waals surface area contributed by atoms with Crippen LogP contribution in [0, 0.1) is 0 Å². The van der Waals surface area contributed by atoms with Gasteiger partial charge in [-0.05, 0) is 33.8 Å². The minimum absolute atomic E-state index is 0.258. The zero-order chi connectivity index (χ0) is 15.2. The monoisotopic (exact) mass is 287 g/mol. The molecule has 1 N–H and O–H groups in total. The Kier molecular flexibility index (Phi) is 6.61. The van der Waals surface area contributed by atoms with E-state index in [-0.39, 0.29) is 12.1 Å². The molecule has 2 atom stereocenters. The van der Waals surface area contributed by atoms with E-state index in [4.69, 9.17) is 14.2 Å². The minimum Gasteiger partial charge on any atom is -0.463 e. The van der Waals surface area contributed by atoms with Crippen LogP contribution < -0.4 is 0 Å². The van der Waals surface area contributed by atoms with E-state index in [0.29, 0.717) is 26.3 Å². The van der Waals surface area contributed by atoms with Gasteiger partial charge in [0.05, 0.1) is 24.9 Å². The first-order valence-corrected chi connectivity index (χ1v) is 6.88. The molecule has 0 bridgehead atoms. The van der Waals surface area contributed by atoms with E-state index < -0.39 is 12.0 Å². The molecular weight excluding hydrogens is 262 g/mol. The van der Waals surface area contributed by atoms with Crippen molar-refractivity contribution in [2.24, 2.45) is 0 Å². The fourth-order valence-corrected chi connectivity index (χ4v) is 1.78. The van der Waals surface area contributed by atoms with Crippen molar-refractivity contribution in [3.8, 4) is 0 Å². The average molecular weight is 287 g/mol. The highest BCUT2D eigenvalue weighted by molar-refractivity contribution is 5.81. The van der Waals surface area contributed by atoms with E-state index in [0.717, 1.165) is 0 Å². The first-order chi connectivity index (χ1) is 9.31. The third kappa shape index (κ3) is 6.47. The van der Waals surface area contributed by atoms with Gasteiger partial charge in [0.2, 0.25) is 6.41 Å². The number of esters is 1. The summed E-state index contributed by atoms with van der Waals surface area (Å²) >= 11 is 0. The summed E-state index contributed by atoms with van der Waals surface area (Å²) in [5.74, 6) is -0.389. The van der Waals surface area contributed by atoms with Gasteiger partial charge >= 0.3 is 5.97 Å². The fraction of sp³-hybridized carbons (Fsp3) is 0.786. The highest BCUT2D eigenvalue weighted by Crippen LogP contribution is 2.15. The molecule has 0 amide bonds. The number of morpholine rings is 1. The van der Waals surface area contributed by atoms with Crippen molar-refractivity contribution in [3.05, 3.63) is 12.2 Å². The van der Waals surface area contributed by atoms with Crippen LogP contribution in [0.3, 0.4) is 0 Å². The second kappa shape index (κ2) is 7.73. The molecule has 1 saturated heterocycles. The average Bonchev–Trinajstić information content (AvgIpc) is 2.35. The van der Waals surface area contributed by atoms with Crippen LogP contribution in [-0.4, -0.2) is 60.4 Å². The van der Waals surface area contributed by atoms with Gasteiger partial charge in [-0.15, -0.1) is 0 Å². The maximum atomic E-state index is 11.2. The van der Waals surface area contributed by atoms with Crippen LogP contribution in [0.25, 0.3) is 0 Å². The molecule has 0 aromatic heterocycles. The van der Waals surface area contributed by atoms with Gasteiger partial charge in [-0.3, -0.25) is 4.90 Å². The lowest BCUT2D eigenvalue weighted by Gasteiger charge is -2.37. The number of carbonyl (C=O) groups is 1. The number of ether oxygens (including phenoxy) is 3. The number of nitrogens with zero attached hydrogens (tertiary/aromatic N) is 1. The zero-order valence-corrected chi connectivity index (χ0v) is 12.7.